The number of nitrogens with one attached hydrogen (secondary N) is 2. The van der Waals surface area contributed by atoms with Crippen molar-refractivity contribution in [3.63, 3.8) is 0 Å². The molecule has 2 heterocycles. The minimum Gasteiger partial charge on any atom is -0.326 e. The second-order valence-electron chi connectivity index (χ2n) is 6.46. The molecule has 0 aliphatic rings. The minimum absolute atomic E-state index is 0.0677. The average Bonchev–Trinajstić information content (AvgIpc) is 3.07. The summed E-state index contributed by atoms with van der Waals surface area (Å²) >= 11 is 1.47. The number of benzene rings is 1. The highest BCUT2D eigenvalue weighted by molar-refractivity contribution is 7.13. The fraction of sp³-hybridized carbons (Fsp3) is 0.286. The van der Waals surface area contributed by atoms with Gasteiger partial charge >= 0.3 is 0 Å². The number of hydrogen-bond acceptors (Lipinski definition) is 5. The molecule has 3 aromatic rings. The largest absolute Gasteiger partial charge is 0.326 e. The first-order chi connectivity index (χ1) is 13.1. The fourth-order valence-electron chi connectivity index (χ4n) is 2.67. The van der Waals surface area contributed by atoms with Gasteiger partial charge in [-0.1, -0.05) is 31.5 Å². The molecule has 3 rings (SSSR count). The van der Waals surface area contributed by atoms with Crippen molar-refractivity contribution in [1.82, 2.24) is 9.97 Å². The number of nitrogens with zero attached hydrogens (tertiary/aromatic N) is 2. The number of unbranched alkanes of at least 4 members (excludes halogenated alkanes) is 1. The van der Waals surface area contributed by atoms with Gasteiger partial charge in [0.15, 0.2) is 5.13 Å². The molecule has 0 fully saturated rings. The van der Waals surface area contributed by atoms with Crippen LogP contribution in [0.3, 0.4) is 0 Å². The van der Waals surface area contributed by atoms with E-state index in [0.717, 1.165) is 34.4 Å². The second kappa shape index (κ2) is 9.28. The molecular weight excluding hydrogens is 356 g/mol. The zero-order valence-corrected chi connectivity index (χ0v) is 16.5. The van der Waals surface area contributed by atoms with Gasteiger partial charge in [0.05, 0.1) is 12.1 Å². The van der Waals surface area contributed by atoms with E-state index < -0.39 is 0 Å². The summed E-state index contributed by atoms with van der Waals surface area (Å²) < 4.78 is 0. The van der Waals surface area contributed by atoms with Crippen molar-refractivity contribution in [2.24, 2.45) is 0 Å². The van der Waals surface area contributed by atoms with Crippen molar-refractivity contribution >= 4 is 33.9 Å². The van der Waals surface area contributed by atoms with Crippen LogP contribution in [-0.4, -0.2) is 15.9 Å². The quantitative estimate of drug-likeness (QED) is 0.569. The topological polar surface area (TPSA) is 66.9 Å². The van der Waals surface area contributed by atoms with Crippen LogP contribution < -0.4 is 10.6 Å². The third kappa shape index (κ3) is 5.89. The van der Waals surface area contributed by atoms with Gasteiger partial charge in [0.25, 0.3) is 0 Å². The Morgan fingerprint density at radius 1 is 1.11 bits per heavy atom. The molecule has 0 spiro atoms. The molecule has 5 nitrogen and oxygen atoms in total. The molecule has 0 aliphatic carbocycles. The zero-order valence-electron chi connectivity index (χ0n) is 15.7. The summed E-state index contributed by atoms with van der Waals surface area (Å²) in [4.78, 5) is 21.1. The van der Waals surface area contributed by atoms with Crippen LogP contribution in [0.5, 0.6) is 0 Å². The van der Waals surface area contributed by atoms with E-state index in [0.29, 0.717) is 0 Å². The van der Waals surface area contributed by atoms with E-state index in [1.165, 1.54) is 29.7 Å². The Labute approximate surface area is 163 Å². The monoisotopic (exact) mass is 380 g/mol. The van der Waals surface area contributed by atoms with Crippen LogP contribution in [0.25, 0.3) is 0 Å². The molecule has 0 saturated carbocycles. The Kier molecular flexibility index (Phi) is 6.54. The molecule has 0 radical (unpaired) electrons. The van der Waals surface area contributed by atoms with Crippen LogP contribution in [0.15, 0.2) is 47.8 Å². The molecule has 0 unspecified atom stereocenters. The number of thiazole rings is 1. The van der Waals surface area contributed by atoms with E-state index in [4.69, 9.17) is 0 Å². The van der Waals surface area contributed by atoms with E-state index in [-0.39, 0.29) is 12.3 Å². The normalized spacial score (nSPS) is 10.6. The molecule has 2 N–H and O–H groups in total. The summed E-state index contributed by atoms with van der Waals surface area (Å²) in [5.74, 6) is 0.686. The summed E-state index contributed by atoms with van der Waals surface area (Å²) in [5, 5.41) is 8.74. The Morgan fingerprint density at radius 3 is 2.67 bits per heavy atom. The predicted octanol–water partition coefficient (Wildman–Crippen LogP) is 5.11. The van der Waals surface area contributed by atoms with E-state index in [9.17, 15) is 4.79 Å². The highest BCUT2D eigenvalue weighted by Gasteiger charge is 2.09. The maximum absolute atomic E-state index is 12.3. The van der Waals surface area contributed by atoms with E-state index >= 15 is 0 Å². The number of pyridine rings is 1. The first-order valence-corrected chi connectivity index (χ1v) is 10.0. The molecule has 27 heavy (non-hydrogen) atoms. The number of hydrogen-bond donors (Lipinski definition) is 2. The standard InChI is InChI=1S/C21H24N4OS/c1-3-4-7-16-9-11-17(12-10-16)23-20(26)13-18-14-27-21(24-18)25-19-8-5-6-15(2)22-19/h5-6,8-12,14H,3-4,7,13H2,1-2H3,(H,23,26)(H,22,24,25). The van der Waals surface area contributed by atoms with Crippen molar-refractivity contribution in [1.29, 1.82) is 0 Å². The molecule has 6 heteroatoms. The number of aryl methyl sites for hydroxylation is 2. The summed E-state index contributed by atoms with van der Waals surface area (Å²) in [6.07, 6.45) is 3.69. The maximum Gasteiger partial charge on any atom is 0.230 e. The molecule has 0 atom stereocenters. The van der Waals surface area contributed by atoms with Gasteiger partial charge in [-0.25, -0.2) is 9.97 Å². The highest BCUT2D eigenvalue weighted by atomic mass is 32.1. The zero-order chi connectivity index (χ0) is 19.1. The lowest BCUT2D eigenvalue weighted by Crippen LogP contribution is -2.14. The van der Waals surface area contributed by atoms with Crippen molar-refractivity contribution in [3.8, 4) is 0 Å². The van der Waals surface area contributed by atoms with Crippen LogP contribution >= 0.6 is 11.3 Å². The Bertz CT molecular complexity index is 889. The van der Waals surface area contributed by atoms with E-state index in [1.54, 1.807) is 0 Å². The molecule has 2 aromatic heterocycles. The van der Waals surface area contributed by atoms with Gasteiger partial charge in [-0.05, 0) is 49.6 Å². The first-order valence-electron chi connectivity index (χ1n) is 9.16. The van der Waals surface area contributed by atoms with Crippen LogP contribution in [0, 0.1) is 6.92 Å². The van der Waals surface area contributed by atoms with Gasteiger partial charge in [0, 0.05) is 16.8 Å². The lowest BCUT2D eigenvalue weighted by atomic mass is 10.1. The minimum atomic E-state index is -0.0677. The summed E-state index contributed by atoms with van der Waals surface area (Å²) in [5.41, 5.74) is 3.80. The van der Waals surface area contributed by atoms with Gasteiger partial charge in [0.1, 0.15) is 5.82 Å². The second-order valence-corrected chi connectivity index (χ2v) is 7.32. The fourth-order valence-corrected chi connectivity index (χ4v) is 3.39. The predicted molar refractivity (Wildman–Crippen MR) is 112 cm³/mol. The van der Waals surface area contributed by atoms with E-state index in [2.05, 4.69) is 39.7 Å². The summed E-state index contributed by atoms with van der Waals surface area (Å²) in [7, 11) is 0. The van der Waals surface area contributed by atoms with Crippen molar-refractivity contribution in [3.05, 3.63) is 64.8 Å². The summed E-state index contributed by atoms with van der Waals surface area (Å²) in [6.45, 7) is 4.13. The maximum atomic E-state index is 12.3. The molecule has 1 amide bonds. The number of carbonyl (C=O) groups excluding carboxylic acids is 1. The Hall–Kier alpha value is -2.73. The third-order valence-corrected chi connectivity index (χ3v) is 4.88. The number of amides is 1. The van der Waals surface area contributed by atoms with Gasteiger partial charge in [-0.2, -0.15) is 0 Å². The Balaban J connectivity index is 1.53. The number of anilines is 3. The summed E-state index contributed by atoms with van der Waals surface area (Å²) in [6, 6.07) is 13.8. The lowest BCUT2D eigenvalue weighted by Gasteiger charge is -2.06. The van der Waals surface area contributed by atoms with Crippen molar-refractivity contribution in [2.45, 2.75) is 39.5 Å². The van der Waals surface area contributed by atoms with Gasteiger partial charge in [-0.15, -0.1) is 11.3 Å². The van der Waals surface area contributed by atoms with Crippen molar-refractivity contribution < 1.29 is 4.79 Å². The van der Waals surface area contributed by atoms with E-state index in [1.807, 2.05) is 42.6 Å². The Morgan fingerprint density at radius 2 is 1.93 bits per heavy atom. The SMILES string of the molecule is CCCCc1ccc(NC(=O)Cc2csc(Nc3cccc(C)n3)n2)cc1. The van der Waals surface area contributed by atoms with Crippen molar-refractivity contribution in [2.75, 3.05) is 10.6 Å². The number of rotatable bonds is 8. The van der Waals surface area contributed by atoms with Crippen LogP contribution in [-0.2, 0) is 17.6 Å². The first kappa shape index (κ1) is 19.0. The molecule has 0 bridgehead atoms. The number of carbonyl (C=O) groups is 1. The average molecular weight is 381 g/mol. The van der Waals surface area contributed by atoms with Gasteiger partial charge < -0.3 is 10.6 Å². The van der Waals surface area contributed by atoms with Crippen LogP contribution in [0.2, 0.25) is 0 Å². The number of aromatic nitrogens is 2. The van der Waals surface area contributed by atoms with Gasteiger partial charge in [-0.3, -0.25) is 4.79 Å². The van der Waals surface area contributed by atoms with Crippen LogP contribution in [0.4, 0.5) is 16.6 Å². The highest BCUT2D eigenvalue weighted by Crippen LogP contribution is 2.20. The lowest BCUT2D eigenvalue weighted by molar-refractivity contribution is -0.115. The van der Waals surface area contributed by atoms with Gasteiger partial charge in [0.2, 0.25) is 5.91 Å². The third-order valence-electron chi connectivity index (χ3n) is 4.07. The van der Waals surface area contributed by atoms with Crippen LogP contribution in [0.1, 0.15) is 36.7 Å². The molecular formula is C21H24N4OS. The molecule has 140 valence electrons. The molecule has 0 saturated heterocycles. The smallest absolute Gasteiger partial charge is 0.230 e. The molecule has 1 aromatic carbocycles. The molecule has 0 aliphatic heterocycles.